The summed E-state index contributed by atoms with van der Waals surface area (Å²) in [6, 6.07) is 6.24. The molecule has 9 heteroatoms. The first-order chi connectivity index (χ1) is 18.0. The molecule has 0 spiro atoms. The summed E-state index contributed by atoms with van der Waals surface area (Å²) in [7, 11) is 1.31. The fourth-order valence-corrected chi connectivity index (χ4v) is 6.27. The van der Waals surface area contributed by atoms with Crippen molar-refractivity contribution in [3.05, 3.63) is 59.7 Å². The molecule has 2 aliphatic carbocycles. The number of benzene rings is 1. The van der Waals surface area contributed by atoms with Crippen LogP contribution in [0.3, 0.4) is 0 Å². The van der Waals surface area contributed by atoms with Gasteiger partial charge in [0.1, 0.15) is 22.4 Å². The normalized spacial score (nSPS) is 30.5. The van der Waals surface area contributed by atoms with Crippen LogP contribution in [0.4, 0.5) is 5.69 Å². The number of nitrogens with one attached hydrogen (secondary N) is 1. The summed E-state index contributed by atoms with van der Waals surface area (Å²) < 4.78 is 17.0. The molecule has 1 aromatic carbocycles. The van der Waals surface area contributed by atoms with Gasteiger partial charge in [0.25, 0.3) is 5.91 Å². The molecule has 1 aliphatic heterocycles. The smallest absolute Gasteiger partial charge is 0.333 e. The Labute approximate surface area is 221 Å². The second kappa shape index (κ2) is 10.1. The zero-order valence-electron chi connectivity index (χ0n) is 22.0. The van der Waals surface area contributed by atoms with Crippen LogP contribution < -0.4 is 5.32 Å². The molecule has 1 aromatic rings. The number of phenolic OH excluding ortho intramolecular Hbond substituents is 1. The Morgan fingerprint density at radius 1 is 1.21 bits per heavy atom. The second-order valence-electron chi connectivity index (χ2n) is 10.4. The first-order valence-corrected chi connectivity index (χ1v) is 12.6. The SMILES string of the molecule is COC(=O)C1=CC[C@]23CC[C@H](C(C)(/C=C/C=C(\C)C(=O)Nc4cccc(O)c4)OC2=O)[C@]3(OC(C)=O)CC1. The standard InChI is InChI=1S/C29H33NO8/c1-18(24(33)30-21-8-5-9-22(32)17-21)7-6-13-27(3)23-12-15-28(26(35)38-27)14-10-20(25(34)36-4)11-16-29(23,28)37-19(2)31/h5-10,13,17,23,32H,11-12,14-16H2,1-4H3,(H,30,33)/b13-6+,18-7+/t23-,27?,28+,29-/m1/s1. The van der Waals surface area contributed by atoms with E-state index in [4.69, 9.17) is 14.2 Å². The second-order valence-corrected chi connectivity index (χ2v) is 10.4. The summed E-state index contributed by atoms with van der Waals surface area (Å²) in [5, 5.41) is 12.3. The highest BCUT2D eigenvalue weighted by atomic mass is 16.6. The number of hydrogen-bond donors (Lipinski definition) is 2. The van der Waals surface area contributed by atoms with Crippen molar-refractivity contribution in [2.75, 3.05) is 12.4 Å². The van der Waals surface area contributed by atoms with Gasteiger partial charge in [0.15, 0.2) is 0 Å². The van der Waals surface area contributed by atoms with Crippen molar-refractivity contribution in [2.24, 2.45) is 11.3 Å². The minimum absolute atomic E-state index is 0.0399. The van der Waals surface area contributed by atoms with Crippen molar-refractivity contribution < 1.29 is 38.5 Å². The number of carbonyl (C=O) groups excluding carboxylic acids is 4. The van der Waals surface area contributed by atoms with Crippen LogP contribution in [-0.2, 0) is 33.4 Å². The van der Waals surface area contributed by atoms with E-state index in [1.54, 1.807) is 50.3 Å². The minimum atomic E-state index is -1.15. The Kier molecular flexibility index (Phi) is 7.23. The minimum Gasteiger partial charge on any atom is -0.508 e. The van der Waals surface area contributed by atoms with Gasteiger partial charge in [0.2, 0.25) is 0 Å². The Hall–Kier alpha value is -3.88. The molecule has 9 nitrogen and oxygen atoms in total. The van der Waals surface area contributed by atoms with E-state index >= 15 is 0 Å². The first-order valence-electron chi connectivity index (χ1n) is 12.6. The lowest BCUT2D eigenvalue weighted by Gasteiger charge is -2.54. The van der Waals surface area contributed by atoms with E-state index in [1.807, 2.05) is 0 Å². The number of rotatable bonds is 6. The molecule has 1 unspecified atom stereocenters. The summed E-state index contributed by atoms with van der Waals surface area (Å²) in [5.74, 6) is -2.10. The van der Waals surface area contributed by atoms with Gasteiger partial charge in [-0.05, 0) is 64.2 Å². The van der Waals surface area contributed by atoms with Crippen molar-refractivity contribution in [1.82, 2.24) is 0 Å². The van der Waals surface area contributed by atoms with Crippen LogP contribution in [0.5, 0.6) is 5.75 Å². The predicted molar refractivity (Wildman–Crippen MR) is 138 cm³/mol. The molecular weight excluding hydrogens is 490 g/mol. The summed E-state index contributed by atoms with van der Waals surface area (Å²) >= 11 is 0. The molecule has 1 saturated carbocycles. The first kappa shape index (κ1) is 27.2. The Bertz CT molecular complexity index is 1260. The van der Waals surface area contributed by atoms with E-state index < -0.39 is 34.5 Å². The molecule has 1 saturated heterocycles. The summed E-state index contributed by atoms with van der Waals surface area (Å²) in [6.07, 6.45) is 8.56. The van der Waals surface area contributed by atoms with Crippen molar-refractivity contribution in [3.8, 4) is 5.75 Å². The van der Waals surface area contributed by atoms with E-state index in [1.165, 1.54) is 26.2 Å². The van der Waals surface area contributed by atoms with Crippen molar-refractivity contribution in [3.63, 3.8) is 0 Å². The average molecular weight is 524 g/mol. The van der Waals surface area contributed by atoms with E-state index in [9.17, 15) is 24.3 Å². The number of amides is 1. The van der Waals surface area contributed by atoms with Gasteiger partial charge in [-0.25, -0.2) is 4.79 Å². The van der Waals surface area contributed by atoms with E-state index in [0.717, 1.165) is 0 Å². The van der Waals surface area contributed by atoms with E-state index in [0.29, 0.717) is 36.1 Å². The lowest BCUT2D eigenvalue weighted by atomic mass is 9.62. The number of anilines is 1. The number of esters is 3. The molecule has 4 rings (SSSR count). The Balaban J connectivity index is 1.62. The third-order valence-corrected chi connectivity index (χ3v) is 8.10. The molecule has 4 atom stereocenters. The lowest BCUT2D eigenvalue weighted by Crippen LogP contribution is -2.65. The largest absolute Gasteiger partial charge is 0.508 e. The number of cyclic esters (lactones) is 1. The molecule has 0 aromatic heterocycles. The molecule has 1 amide bonds. The summed E-state index contributed by atoms with van der Waals surface area (Å²) in [5.41, 5.74) is -2.04. The average Bonchev–Trinajstić information content (AvgIpc) is 3.00. The molecule has 202 valence electrons. The molecule has 2 N–H and O–H groups in total. The van der Waals surface area contributed by atoms with Crippen LogP contribution in [0.25, 0.3) is 0 Å². The molecule has 2 fully saturated rings. The van der Waals surface area contributed by atoms with Crippen molar-refractivity contribution in [1.29, 1.82) is 0 Å². The molecule has 2 bridgehead atoms. The number of allylic oxidation sites excluding steroid dienone is 3. The quantitative estimate of drug-likeness (QED) is 0.247. The van der Waals surface area contributed by atoms with Crippen LogP contribution in [0, 0.1) is 11.3 Å². The number of ether oxygens (including phenoxy) is 3. The Morgan fingerprint density at radius 3 is 2.66 bits per heavy atom. The fraction of sp³-hybridized carbons (Fsp3) is 0.448. The topological polar surface area (TPSA) is 128 Å². The monoisotopic (exact) mass is 523 g/mol. The molecule has 0 radical (unpaired) electrons. The van der Waals surface area contributed by atoms with Crippen LogP contribution in [-0.4, -0.2) is 47.2 Å². The van der Waals surface area contributed by atoms with Gasteiger partial charge in [0.05, 0.1) is 7.11 Å². The van der Waals surface area contributed by atoms with Crippen molar-refractivity contribution in [2.45, 2.75) is 64.1 Å². The summed E-state index contributed by atoms with van der Waals surface area (Å²) in [6.45, 7) is 4.75. The maximum absolute atomic E-state index is 13.7. The Morgan fingerprint density at radius 2 is 1.97 bits per heavy atom. The summed E-state index contributed by atoms with van der Waals surface area (Å²) in [4.78, 5) is 50.9. The van der Waals surface area contributed by atoms with E-state index in [2.05, 4.69) is 5.32 Å². The van der Waals surface area contributed by atoms with Gasteiger partial charge in [-0.3, -0.25) is 14.4 Å². The number of methoxy groups -OCH3 is 1. The maximum Gasteiger partial charge on any atom is 0.333 e. The zero-order valence-corrected chi connectivity index (χ0v) is 22.0. The van der Waals surface area contributed by atoms with Gasteiger partial charge >= 0.3 is 17.9 Å². The van der Waals surface area contributed by atoms with Crippen LogP contribution in [0.2, 0.25) is 0 Å². The predicted octanol–water partition coefficient (Wildman–Crippen LogP) is 4.13. The number of aromatic hydroxyl groups is 1. The third kappa shape index (κ3) is 4.61. The van der Waals surface area contributed by atoms with Gasteiger partial charge in [-0.1, -0.05) is 24.3 Å². The highest BCUT2D eigenvalue weighted by molar-refractivity contribution is 6.03. The maximum atomic E-state index is 13.7. The van der Waals surface area contributed by atoms with Gasteiger partial charge in [0, 0.05) is 35.7 Å². The van der Waals surface area contributed by atoms with Crippen LogP contribution >= 0.6 is 0 Å². The van der Waals surface area contributed by atoms with Gasteiger partial charge in [-0.2, -0.15) is 0 Å². The van der Waals surface area contributed by atoms with Crippen LogP contribution in [0.1, 0.15) is 52.9 Å². The fourth-order valence-electron chi connectivity index (χ4n) is 6.27. The highest BCUT2D eigenvalue weighted by Gasteiger charge is 2.74. The number of hydrogen-bond acceptors (Lipinski definition) is 8. The molecule has 1 heterocycles. The lowest BCUT2D eigenvalue weighted by molar-refractivity contribution is -0.235. The van der Waals surface area contributed by atoms with Crippen LogP contribution in [0.15, 0.2) is 59.7 Å². The van der Waals surface area contributed by atoms with Gasteiger partial charge in [-0.15, -0.1) is 0 Å². The zero-order chi connectivity index (χ0) is 27.7. The molecule has 38 heavy (non-hydrogen) atoms. The molecule has 3 aliphatic rings. The molecular formula is C29H33NO8. The van der Waals surface area contributed by atoms with Gasteiger partial charge < -0.3 is 24.6 Å². The van der Waals surface area contributed by atoms with E-state index in [-0.39, 0.29) is 30.4 Å². The number of phenols is 1. The van der Waals surface area contributed by atoms with Crippen molar-refractivity contribution >= 4 is 29.5 Å². The number of carbonyl (C=O) groups is 4. The highest BCUT2D eigenvalue weighted by Crippen LogP contribution is 2.65. The third-order valence-electron chi connectivity index (χ3n) is 8.10.